The molecule has 2 rings (SSSR count). The van der Waals surface area contributed by atoms with E-state index in [1.807, 2.05) is 24.3 Å². The molecule has 2 N–H and O–H groups in total. The van der Waals surface area contributed by atoms with Gasteiger partial charge >= 0.3 is 11.8 Å². The van der Waals surface area contributed by atoms with Crippen LogP contribution in [-0.4, -0.2) is 17.9 Å². The van der Waals surface area contributed by atoms with E-state index in [-0.39, 0.29) is 11.5 Å². The maximum atomic E-state index is 12.0. The standard InChI is InChI=1S/C19H28N2O2/c1-13-5-9-15(10-6-13)20-17(22)18(23)21-16-11-7-14(8-12-16)19(2,3)4/h7-8,11-13,15H,5-6,9-10H2,1-4H3,(H,20,22)(H,21,23). The van der Waals surface area contributed by atoms with Crippen LogP contribution in [0.5, 0.6) is 0 Å². The number of hydrogen-bond donors (Lipinski definition) is 2. The van der Waals surface area contributed by atoms with Crippen LogP contribution >= 0.6 is 0 Å². The number of hydrogen-bond acceptors (Lipinski definition) is 2. The zero-order chi connectivity index (χ0) is 17.0. The number of rotatable bonds is 2. The molecular weight excluding hydrogens is 288 g/mol. The van der Waals surface area contributed by atoms with E-state index in [2.05, 4.69) is 38.3 Å². The Morgan fingerprint density at radius 2 is 1.52 bits per heavy atom. The molecule has 0 aromatic heterocycles. The predicted molar refractivity (Wildman–Crippen MR) is 93.3 cm³/mol. The summed E-state index contributed by atoms with van der Waals surface area (Å²) >= 11 is 0. The normalized spacial score (nSPS) is 21.6. The summed E-state index contributed by atoms with van der Waals surface area (Å²) in [5.41, 5.74) is 1.91. The van der Waals surface area contributed by atoms with Crippen LogP contribution in [0.1, 0.15) is 58.9 Å². The molecule has 1 aromatic carbocycles. The fourth-order valence-corrected chi connectivity index (χ4v) is 2.90. The summed E-state index contributed by atoms with van der Waals surface area (Å²) in [7, 11) is 0. The lowest BCUT2D eigenvalue weighted by Crippen LogP contribution is -2.43. The molecule has 0 bridgehead atoms. The molecule has 0 saturated heterocycles. The van der Waals surface area contributed by atoms with Gasteiger partial charge < -0.3 is 10.6 Å². The molecule has 0 heterocycles. The number of amides is 2. The predicted octanol–water partition coefficient (Wildman–Crippen LogP) is 3.62. The highest BCUT2D eigenvalue weighted by atomic mass is 16.2. The molecule has 0 spiro atoms. The quantitative estimate of drug-likeness (QED) is 0.819. The van der Waals surface area contributed by atoms with Crippen LogP contribution in [0.4, 0.5) is 5.69 Å². The van der Waals surface area contributed by atoms with Gasteiger partial charge in [0, 0.05) is 11.7 Å². The van der Waals surface area contributed by atoms with Crippen molar-refractivity contribution in [1.82, 2.24) is 5.32 Å². The topological polar surface area (TPSA) is 58.2 Å². The first-order chi connectivity index (χ1) is 10.8. The molecule has 1 aromatic rings. The van der Waals surface area contributed by atoms with E-state index in [1.165, 1.54) is 5.56 Å². The second-order valence-electron chi connectivity index (χ2n) is 7.71. The molecule has 4 nitrogen and oxygen atoms in total. The van der Waals surface area contributed by atoms with Crippen LogP contribution in [0.2, 0.25) is 0 Å². The minimum Gasteiger partial charge on any atom is -0.345 e. The molecule has 4 heteroatoms. The van der Waals surface area contributed by atoms with Crippen LogP contribution in [0.25, 0.3) is 0 Å². The largest absolute Gasteiger partial charge is 0.345 e. The third-order valence-electron chi connectivity index (χ3n) is 4.57. The van der Waals surface area contributed by atoms with E-state index in [4.69, 9.17) is 0 Å². The van der Waals surface area contributed by atoms with Gasteiger partial charge in [-0.2, -0.15) is 0 Å². The van der Waals surface area contributed by atoms with Gasteiger partial charge in [0.1, 0.15) is 0 Å². The third-order valence-corrected chi connectivity index (χ3v) is 4.57. The zero-order valence-corrected chi connectivity index (χ0v) is 14.6. The molecular formula is C19H28N2O2. The van der Waals surface area contributed by atoms with Gasteiger partial charge in [-0.15, -0.1) is 0 Å². The average Bonchev–Trinajstić information content (AvgIpc) is 2.49. The summed E-state index contributed by atoms with van der Waals surface area (Å²) < 4.78 is 0. The molecule has 1 aliphatic rings. The number of carbonyl (C=O) groups excluding carboxylic acids is 2. The Morgan fingerprint density at radius 3 is 2.04 bits per heavy atom. The summed E-state index contributed by atoms with van der Waals surface area (Å²) in [5, 5.41) is 5.51. The molecule has 126 valence electrons. The lowest BCUT2D eigenvalue weighted by molar-refractivity contribution is -0.136. The summed E-state index contributed by atoms with van der Waals surface area (Å²) in [5.74, 6) is -0.408. The van der Waals surface area contributed by atoms with Gasteiger partial charge in [0.15, 0.2) is 0 Å². The van der Waals surface area contributed by atoms with Crippen LogP contribution in [-0.2, 0) is 15.0 Å². The van der Waals surface area contributed by atoms with Crippen LogP contribution in [0, 0.1) is 5.92 Å². The van der Waals surface area contributed by atoms with Crippen molar-refractivity contribution < 1.29 is 9.59 Å². The first-order valence-electron chi connectivity index (χ1n) is 8.48. The van der Waals surface area contributed by atoms with Crippen molar-refractivity contribution in [1.29, 1.82) is 0 Å². The van der Waals surface area contributed by atoms with Gasteiger partial charge in [-0.25, -0.2) is 0 Å². The first kappa shape index (κ1) is 17.5. The average molecular weight is 316 g/mol. The minimum absolute atomic E-state index is 0.0675. The second-order valence-corrected chi connectivity index (χ2v) is 7.71. The van der Waals surface area contributed by atoms with E-state index in [0.29, 0.717) is 5.69 Å². The van der Waals surface area contributed by atoms with Crippen LogP contribution < -0.4 is 10.6 Å². The van der Waals surface area contributed by atoms with Crippen molar-refractivity contribution in [2.45, 2.75) is 64.8 Å². The maximum absolute atomic E-state index is 12.0. The maximum Gasteiger partial charge on any atom is 0.313 e. The molecule has 0 unspecified atom stereocenters. The Hall–Kier alpha value is -1.84. The minimum atomic E-state index is -0.591. The molecule has 1 aliphatic carbocycles. The molecule has 1 saturated carbocycles. The highest BCUT2D eigenvalue weighted by Gasteiger charge is 2.23. The molecule has 0 atom stereocenters. The zero-order valence-electron chi connectivity index (χ0n) is 14.6. The SMILES string of the molecule is CC1CCC(NC(=O)C(=O)Nc2ccc(C(C)(C)C)cc2)CC1. The van der Waals surface area contributed by atoms with Crippen molar-refractivity contribution in [2.75, 3.05) is 5.32 Å². The van der Waals surface area contributed by atoms with E-state index in [0.717, 1.165) is 31.6 Å². The summed E-state index contributed by atoms with van der Waals surface area (Å²) in [6.45, 7) is 8.64. The highest BCUT2D eigenvalue weighted by Crippen LogP contribution is 2.24. The lowest BCUT2D eigenvalue weighted by Gasteiger charge is -2.26. The van der Waals surface area contributed by atoms with Gasteiger partial charge in [0.25, 0.3) is 0 Å². The molecule has 2 amide bonds. The summed E-state index contributed by atoms with van der Waals surface area (Å²) in [6, 6.07) is 7.78. The Bertz CT molecular complexity index is 550. The van der Waals surface area contributed by atoms with E-state index < -0.39 is 11.8 Å². The molecule has 0 aliphatic heterocycles. The van der Waals surface area contributed by atoms with Gasteiger partial charge in [-0.3, -0.25) is 9.59 Å². The number of benzene rings is 1. The van der Waals surface area contributed by atoms with Gasteiger partial charge in [0.05, 0.1) is 0 Å². The Kier molecular flexibility index (Phi) is 5.45. The van der Waals surface area contributed by atoms with E-state index in [9.17, 15) is 9.59 Å². The van der Waals surface area contributed by atoms with Gasteiger partial charge in [-0.05, 0) is 54.7 Å². The van der Waals surface area contributed by atoms with Crippen LogP contribution in [0.15, 0.2) is 24.3 Å². The number of nitrogens with one attached hydrogen (secondary N) is 2. The first-order valence-corrected chi connectivity index (χ1v) is 8.48. The van der Waals surface area contributed by atoms with Crippen molar-refractivity contribution in [3.8, 4) is 0 Å². The van der Waals surface area contributed by atoms with E-state index in [1.54, 1.807) is 0 Å². The lowest BCUT2D eigenvalue weighted by atomic mass is 9.87. The monoisotopic (exact) mass is 316 g/mol. The Balaban J connectivity index is 1.87. The van der Waals surface area contributed by atoms with E-state index >= 15 is 0 Å². The van der Waals surface area contributed by atoms with Gasteiger partial charge in [-0.1, -0.05) is 39.8 Å². The fourth-order valence-electron chi connectivity index (χ4n) is 2.90. The molecule has 23 heavy (non-hydrogen) atoms. The second kappa shape index (κ2) is 7.16. The molecule has 1 fully saturated rings. The number of carbonyl (C=O) groups is 2. The van der Waals surface area contributed by atoms with Crippen molar-refractivity contribution in [3.05, 3.63) is 29.8 Å². The van der Waals surface area contributed by atoms with Crippen molar-refractivity contribution in [2.24, 2.45) is 5.92 Å². The summed E-state index contributed by atoms with van der Waals surface area (Å²) in [6.07, 6.45) is 4.14. The number of anilines is 1. The summed E-state index contributed by atoms with van der Waals surface area (Å²) in [4.78, 5) is 24.0. The highest BCUT2D eigenvalue weighted by molar-refractivity contribution is 6.39. The molecule has 0 radical (unpaired) electrons. The fraction of sp³-hybridized carbons (Fsp3) is 0.579. The Morgan fingerprint density at radius 1 is 0.957 bits per heavy atom. The third kappa shape index (κ3) is 5.08. The smallest absolute Gasteiger partial charge is 0.313 e. The van der Waals surface area contributed by atoms with Crippen LogP contribution in [0.3, 0.4) is 0 Å². The van der Waals surface area contributed by atoms with Gasteiger partial charge in [0.2, 0.25) is 0 Å². The Labute approximate surface area is 139 Å². The van der Waals surface area contributed by atoms with Crippen molar-refractivity contribution >= 4 is 17.5 Å². The van der Waals surface area contributed by atoms with Crippen molar-refractivity contribution in [3.63, 3.8) is 0 Å².